The summed E-state index contributed by atoms with van der Waals surface area (Å²) in [5, 5.41) is 0. The Balaban J connectivity index is -0.000000167. The molecule has 0 aromatic rings. The third-order valence-corrected chi connectivity index (χ3v) is 1.69. The van der Waals surface area contributed by atoms with Crippen LogP contribution in [0.4, 0.5) is 0 Å². The summed E-state index contributed by atoms with van der Waals surface area (Å²) in [6.45, 7) is 2.47. The fourth-order valence-corrected chi connectivity index (χ4v) is 0.888. The van der Waals surface area contributed by atoms with Crippen molar-refractivity contribution in [1.82, 2.24) is 0 Å². The zero-order valence-electron chi connectivity index (χ0n) is 10.0. The molecule has 0 bridgehead atoms. The van der Waals surface area contributed by atoms with Crippen LogP contribution in [0.15, 0.2) is 0 Å². The number of ether oxygens (including phenoxy) is 2. The molecule has 12 heavy (non-hydrogen) atoms. The van der Waals surface area contributed by atoms with Crippen molar-refractivity contribution in [2.45, 2.75) is 0 Å². The number of hydrogen-bond donors (Lipinski definition) is 0. The average Bonchev–Trinajstić information content (AvgIpc) is 2.03. The maximum atomic E-state index is 5.10. The monoisotopic (exact) mass is 186 g/mol. The molecule has 0 saturated heterocycles. The molecule has 4 nitrogen and oxygen atoms in total. The van der Waals surface area contributed by atoms with Gasteiger partial charge in [0.1, 0.15) is 0 Å². The van der Waals surface area contributed by atoms with Crippen molar-refractivity contribution < 1.29 is 38.8 Å². The van der Waals surface area contributed by atoms with Gasteiger partial charge < -0.3 is 2.85 Å². The maximum absolute atomic E-state index is 5.10. The quantitative estimate of drug-likeness (QED) is 0.300. The second kappa shape index (κ2) is 14.5. The van der Waals surface area contributed by atoms with Crippen LogP contribution in [0.1, 0.15) is 2.85 Å². The Bertz CT molecular complexity index is 76.9. The van der Waals surface area contributed by atoms with E-state index < -0.39 is 0 Å². The second-order valence-corrected chi connectivity index (χ2v) is 2.68. The standard InChI is InChI=1S/2C3H7O2.Al.Li.2H/c2*1-5-3-2-4;;;;/h2*2-3H2,1H3;;;;/q2*-1;+3;+1;2*-1. The van der Waals surface area contributed by atoms with E-state index in [1.54, 1.807) is 14.2 Å². The van der Waals surface area contributed by atoms with E-state index in [-0.39, 0.29) is 37.6 Å². The van der Waals surface area contributed by atoms with Crippen LogP contribution in [0.25, 0.3) is 0 Å². The Morgan fingerprint density at radius 3 is 1.67 bits per heavy atom. The molecular weight excluding hydrogens is 170 g/mol. The van der Waals surface area contributed by atoms with Crippen molar-refractivity contribution in [2.75, 3.05) is 40.6 Å². The smallest absolute Gasteiger partial charge is 1.00 e. The summed E-state index contributed by atoms with van der Waals surface area (Å²) >= 11 is -0.349. The van der Waals surface area contributed by atoms with Crippen LogP contribution in [-0.4, -0.2) is 56.5 Å². The number of hydrogen-bond acceptors (Lipinski definition) is 4. The van der Waals surface area contributed by atoms with E-state index in [9.17, 15) is 0 Å². The van der Waals surface area contributed by atoms with E-state index in [4.69, 9.17) is 17.1 Å². The van der Waals surface area contributed by atoms with Crippen molar-refractivity contribution in [3.05, 3.63) is 0 Å². The van der Waals surface area contributed by atoms with Gasteiger partial charge in [0.05, 0.1) is 0 Å². The Morgan fingerprint density at radius 1 is 0.917 bits per heavy atom. The van der Waals surface area contributed by atoms with Crippen molar-refractivity contribution in [2.24, 2.45) is 0 Å². The third kappa shape index (κ3) is 13.6. The second-order valence-electron chi connectivity index (χ2n) is 1.82. The van der Waals surface area contributed by atoms with Gasteiger partial charge in [0.2, 0.25) is 0 Å². The van der Waals surface area contributed by atoms with E-state index in [0.717, 1.165) is 0 Å². The predicted octanol–water partition coefficient (Wildman–Crippen LogP) is -2.92. The molecule has 0 rings (SSSR count). The fraction of sp³-hybridized carbons (Fsp3) is 1.00. The topological polar surface area (TPSA) is 36.9 Å². The Morgan fingerprint density at radius 2 is 1.33 bits per heavy atom. The van der Waals surface area contributed by atoms with E-state index in [1.807, 2.05) is 0 Å². The normalized spacial score (nSPS) is 8.83. The first kappa shape index (κ1) is 15.4. The van der Waals surface area contributed by atoms with E-state index in [1.165, 1.54) is 0 Å². The molecule has 6 heteroatoms. The van der Waals surface area contributed by atoms with Gasteiger partial charge >= 0.3 is 92.4 Å². The van der Waals surface area contributed by atoms with Gasteiger partial charge in [-0.1, -0.05) is 0 Å². The molecule has 0 saturated carbocycles. The molecule has 0 fully saturated rings. The predicted molar refractivity (Wildman–Crippen MR) is 43.6 cm³/mol. The van der Waals surface area contributed by atoms with Crippen LogP contribution in [0.3, 0.4) is 0 Å². The molecule has 0 amide bonds. The zero-order chi connectivity index (χ0) is 8.36. The minimum atomic E-state index is -0.349. The van der Waals surface area contributed by atoms with E-state index >= 15 is 0 Å². The van der Waals surface area contributed by atoms with Gasteiger partial charge in [-0.2, -0.15) is 0 Å². The number of rotatable bonds is 8. The number of methoxy groups -OCH3 is 2. The van der Waals surface area contributed by atoms with Gasteiger partial charge in [0.15, 0.2) is 0 Å². The summed E-state index contributed by atoms with van der Waals surface area (Å²) in [6, 6.07) is 0. The first-order chi connectivity index (χ1) is 5.41. The molecule has 0 spiro atoms. The van der Waals surface area contributed by atoms with Crippen LogP contribution >= 0.6 is 0 Å². The van der Waals surface area contributed by atoms with Gasteiger partial charge in [0.25, 0.3) is 0 Å². The van der Waals surface area contributed by atoms with Crippen molar-refractivity contribution in [1.29, 1.82) is 0 Å². The maximum Gasteiger partial charge on any atom is 1.00 e. The zero-order valence-corrected chi connectivity index (χ0v) is 9.19. The summed E-state index contributed by atoms with van der Waals surface area (Å²) in [4.78, 5) is 0. The summed E-state index contributed by atoms with van der Waals surface area (Å²) in [5.74, 6) is 0. The molecular formula is C6H16AlLiO4. The fourth-order valence-electron chi connectivity index (χ4n) is 0.407. The molecule has 68 valence electrons. The molecule has 0 aliphatic carbocycles. The van der Waals surface area contributed by atoms with Crippen LogP contribution < -0.4 is 18.9 Å². The molecule has 0 radical (unpaired) electrons. The van der Waals surface area contributed by atoms with Gasteiger partial charge in [-0.3, -0.25) is 0 Å². The minimum Gasteiger partial charge on any atom is -1.00 e. The SMILES string of the molecule is COCC[O][Al+][O]CCOC.[H-].[H-].[Li+]. The minimum absolute atomic E-state index is 0. The van der Waals surface area contributed by atoms with Gasteiger partial charge in [0, 0.05) is 0 Å². The molecule has 0 aliphatic rings. The van der Waals surface area contributed by atoms with Crippen LogP contribution in [0, 0.1) is 0 Å². The summed E-state index contributed by atoms with van der Waals surface area (Å²) < 4.78 is 19.8. The molecule has 0 atom stereocenters. The molecule has 0 unspecified atom stereocenters. The molecule has 0 heterocycles. The van der Waals surface area contributed by atoms with Crippen LogP contribution in [-0.2, 0) is 17.1 Å². The van der Waals surface area contributed by atoms with Crippen molar-refractivity contribution >= 4 is 15.9 Å². The van der Waals surface area contributed by atoms with Crippen LogP contribution in [0.2, 0.25) is 0 Å². The van der Waals surface area contributed by atoms with Crippen molar-refractivity contribution in [3.8, 4) is 0 Å². The molecule has 0 N–H and O–H groups in total. The van der Waals surface area contributed by atoms with Gasteiger partial charge in [-0.05, 0) is 0 Å². The molecule has 0 aliphatic heterocycles. The summed E-state index contributed by atoms with van der Waals surface area (Å²) in [7, 11) is 3.29. The first-order valence-corrected chi connectivity index (χ1v) is 4.39. The van der Waals surface area contributed by atoms with E-state index in [2.05, 4.69) is 0 Å². The Labute approximate surface area is 95.4 Å². The van der Waals surface area contributed by atoms with Crippen molar-refractivity contribution in [3.63, 3.8) is 0 Å². The Kier molecular flexibility index (Phi) is 18.6. The summed E-state index contributed by atoms with van der Waals surface area (Å²) in [5.41, 5.74) is 0. The Hall–Kier alpha value is 0.970. The molecule has 0 aromatic heterocycles. The first-order valence-electron chi connectivity index (χ1n) is 3.44. The largest absolute Gasteiger partial charge is 1.00 e. The molecule has 0 aromatic carbocycles. The summed E-state index contributed by atoms with van der Waals surface area (Å²) in [6.07, 6.45) is 0. The van der Waals surface area contributed by atoms with E-state index in [0.29, 0.717) is 26.4 Å². The van der Waals surface area contributed by atoms with Gasteiger partial charge in [-0.15, -0.1) is 0 Å². The third-order valence-electron chi connectivity index (χ3n) is 0.947. The average molecular weight is 186 g/mol. The van der Waals surface area contributed by atoms with Gasteiger partial charge in [-0.25, -0.2) is 0 Å². The van der Waals surface area contributed by atoms with Crippen LogP contribution in [0.5, 0.6) is 0 Å².